The van der Waals surface area contributed by atoms with Crippen molar-refractivity contribution in [3.8, 4) is 0 Å². The predicted octanol–water partition coefficient (Wildman–Crippen LogP) is 4.64. The van der Waals surface area contributed by atoms with Gasteiger partial charge >= 0.3 is 0 Å². The number of furan rings is 1. The molecular weight excluding hydrogens is 387 g/mol. The maximum absolute atomic E-state index is 12.8. The SMILES string of the molecule is O=C(Nc1ccc(C(=O)NCCCSc2ccc(F)cc2)s1)c1ccco1. The van der Waals surface area contributed by atoms with Gasteiger partial charge in [0.15, 0.2) is 5.76 Å². The molecule has 2 amide bonds. The third-order valence-electron chi connectivity index (χ3n) is 3.50. The Morgan fingerprint density at radius 3 is 2.63 bits per heavy atom. The Labute approximate surface area is 164 Å². The third-order valence-corrected chi connectivity index (χ3v) is 5.60. The smallest absolute Gasteiger partial charge is 0.291 e. The topological polar surface area (TPSA) is 71.3 Å². The van der Waals surface area contributed by atoms with Crippen LogP contribution in [0.25, 0.3) is 0 Å². The molecule has 0 saturated carbocycles. The Kier molecular flexibility index (Phi) is 6.67. The van der Waals surface area contributed by atoms with E-state index in [1.807, 2.05) is 0 Å². The summed E-state index contributed by atoms with van der Waals surface area (Å²) in [5.74, 6) is 0.258. The fraction of sp³-hybridized carbons (Fsp3) is 0.158. The molecule has 0 saturated heterocycles. The number of amides is 2. The number of thioether (sulfide) groups is 1. The van der Waals surface area contributed by atoms with Gasteiger partial charge in [-0.05, 0) is 60.7 Å². The van der Waals surface area contributed by atoms with Crippen molar-refractivity contribution in [1.82, 2.24) is 5.32 Å². The summed E-state index contributed by atoms with van der Waals surface area (Å²) in [7, 11) is 0. The van der Waals surface area contributed by atoms with Crippen LogP contribution in [0, 0.1) is 5.82 Å². The molecule has 8 heteroatoms. The number of benzene rings is 1. The van der Waals surface area contributed by atoms with Crippen molar-refractivity contribution in [2.24, 2.45) is 0 Å². The van der Waals surface area contributed by atoms with Crippen LogP contribution in [0.1, 0.15) is 26.6 Å². The first kappa shape index (κ1) is 19.2. The maximum atomic E-state index is 12.8. The fourth-order valence-electron chi connectivity index (χ4n) is 2.19. The van der Waals surface area contributed by atoms with Gasteiger partial charge in [0.2, 0.25) is 0 Å². The minimum absolute atomic E-state index is 0.176. The van der Waals surface area contributed by atoms with Crippen LogP contribution in [0.15, 0.2) is 64.1 Å². The average molecular weight is 404 g/mol. The van der Waals surface area contributed by atoms with Crippen molar-refractivity contribution < 1.29 is 18.4 Å². The van der Waals surface area contributed by atoms with Gasteiger partial charge in [0.1, 0.15) is 5.82 Å². The highest BCUT2D eigenvalue weighted by molar-refractivity contribution is 7.99. The lowest BCUT2D eigenvalue weighted by Gasteiger charge is -2.04. The molecule has 0 fully saturated rings. The number of hydrogen-bond acceptors (Lipinski definition) is 5. The second-order valence-electron chi connectivity index (χ2n) is 5.51. The van der Waals surface area contributed by atoms with Gasteiger partial charge in [0, 0.05) is 11.4 Å². The zero-order valence-corrected chi connectivity index (χ0v) is 15.9. The van der Waals surface area contributed by atoms with Gasteiger partial charge in [-0.3, -0.25) is 9.59 Å². The largest absolute Gasteiger partial charge is 0.459 e. The lowest BCUT2D eigenvalue weighted by atomic mass is 10.4. The number of carbonyl (C=O) groups excluding carboxylic acids is 2. The highest BCUT2D eigenvalue weighted by Gasteiger charge is 2.13. The molecule has 3 aromatic rings. The predicted molar refractivity (Wildman–Crippen MR) is 105 cm³/mol. The molecule has 0 aliphatic rings. The molecule has 0 radical (unpaired) electrons. The van der Waals surface area contributed by atoms with Crippen LogP contribution in [0.4, 0.5) is 9.39 Å². The standard InChI is InChI=1S/C19H17FN2O3S2/c20-13-4-6-14(7-5-13)26-12-2-10-21-19(24)16-8-9-17(27-16)22-18(23)15-3-1-11-25-15/h1,3-9,11H,2,10,12H2,(H,21,24)(H,22,23). The first-order valence-corrected chi connectivity index (χ1v) is 10.0. The van der Waals surface area contributed by atoms with Crippen LogP contribution in [-0.4, -0.2) is 24.1 Å². The lowest BCUT2D eigenvalue weighted by molar-refractivity contribution is 0.0956. The van der Waals surface area contributed by atoms with Crippen molar-refractivity contribution in [1.29, 1.82) is 0 Å². The van der Waals surface area contributed by atoms with Crippen molar-refractivity contribution in [3.05, 3.63) is 71.2 Å². The van der Waals surface area contributed by atoms with Crippen LogP contribution in [-0.2, 0) is 0 Å². The van der Waals surface area contributed by atoms with Gasteiger partial charge < -0.3 is 15.1 Å². The van der Waals surface area contributed by atoms with E-state index in [0.717, 1.165) is 17.1 Å². The molecule has 0 spiro atoms. The molecule has 0 unspecified atom stereocenters. The summed E-state index contributed by atoms with van der Waals surface area (Å²) < 4.78 is 17.9. The van der Waals surface area contributed by atoms with E-state index >= 15 is 0 Å². The molecule has 2 aromatic heterocycles. The number of thiophene rings is 1. The van der Waals surface area contributed by atoms with Crippen molar-refractivity contribution in [3.63, 3.8) is 0 Å². The molecule has 1 aromatic carbocycles. The van der Waals surface area contributed by atoms with Crippen LogP contribution < -0.4 is 10.6 Å². The summed E-state index contributed by atoms with van der Waals surface area (Å²) >= 11 is 2.82. The normalized spacial score (nSPS) is 10.6. The van der Waals surface area contributed by atoms with E-state index < -0.39 is 0 Å². The second-order valence-corrected chi connectivity index (χ2v) is 7.76. The zero-order valence-electron chi connectivity index (χ0n) is 14.2. The van der Waals surface area contributed by atoms with Crippen molar-refractivity contribution in [2.75, 3.05) is 17.6 Å². The third kappa shape index (κ3) is 5.70. The first-order chi connectivity index (χ1) is 13.1. The average Bonchev–Trinajstić information content (AvgIpc) is 3.35. The summed E-state index contributed by atoms with van der Waals surface area (Å²) in [6.07, 6.45) is 2.22. The number of carbonyl (C=O) groups is 2. The molecule has 0 atom stereocenters. The molecule has 140 valence electrons. The van der Waals surface area contributed by atoms with Crippen molar-refractivity contribution in [2.45, 2.75) is 11.3 Å². The second kappa shape index (κ2) is 9.38. The van der Waals surface area contributed by atoms with Gasteiger partial charge in [-0.2, -0.15) is 0 Å². The van der Waals surface area contributed by atoms with Gasteiger partial charge in [-0.25, -0.2) is 4.39 Å². The maximum Gasteiger partial charge on any atom is 0.291 e. The van der Waals surface area contributed by atoms with E-state index in [0.29, 0.717) is 16.4 Å². The van der Waals surface area contributed by atoms with Gasteiger partial charge in [0.05, 0.1) is 16.1 Å². The van der Waals surface area contributed by atoms with E-state index in [2.05, 4.69) is 10.6 Å². The molecule has 0 bridgehead atoms. The summed E-state index contributed by atoms with van der Waals surface area (Å²) in [4.78, 5) is 25.6. The number of rotatable bonds is 8. The van der Waals surface area contributed by atoms with Crippen molar-refractivity contribution >= 4 is 39.9 Å². The summed E-state index contributed by atoms with van der Waals surface area (Å²) in [6.45, 7) is 0.541. The molecule has 2 N–H and O–H groups in total. The number of nitrogens with one attached hydrogen (secondary N) is 2. The van der Waals surface area contributed by atoms with E-state index in [9.17, 15) is 14.0 Å². The molecule has 2 heterocycles. The van der Waals surface area contributed by atoms with Crippen LogP contribution in [0.3, 0.4) is 0 Å². The molecule has 5 nitrogen and oxygen atoms in total. The number of hydrogen-bond donors (Lipinski definition) is 2. The van der Waals surface area contributed by atoms with E-state index in [1.165, 1.54) is 29.7 Å². The summed E-state index contributed by atoms with van der Waals surface area (Å²) in [5, 5.41) is 6.13. The monoisotopic (exact) mass is 404 g/mol. The number of halogens is 1. The van der Waals surface area contributed by atoms with Crippen LogP contribution >= 0.6 is 23.1 Å². The Balaban J connectivity index is 1.39. The quantitative estimate of drug-likeness (QED) is 0.424. The Morgan fingerprint density at radius 1 is 1.07 bits per heavy atom. The Morgan fingerprint density at radius 2 is 1.89 bits per heavy atom. The molecule has 3 rings (SSSR count). The Hall–Kier alpha value is -2.58. The first-order valence-electron chi connectivity index (χ1n) is 8.23. The molecule has 0 aliphatic carbocycles. The lowest BCUT2D eigenvalue weighted by Crippen LogP contribution is -2.23. The zero-order chi connectivity index (χ0) is 19.1. The van der Waals surface area contributed by atoms with E-state index in [1.54, 1.807) is 48.2 Å². The minimum atomic E-state index is -0.355. The van der Waals surface area contributed by atoms with Gasteiger partial charge in [-0.15, -0.1) is 23.1 Å². The summed E-state index contributed by atoms with van der Waals surface area (Å²) in [5.41, 5.74) is 0. The molecule has 0 aliphatic heterocycles. The molecule has 27 heavy (non-hydrogen) atoms. The highest BCUT2D eigenvalue weighted by atomic mass is 32.2. The van der Waals surface area contributed by atoms with E-state index in [-0.39, 0.29) is 23.4 Å². The minimum Gasteiger partial charge on any atom is -0.459 e. The summed E-state index contributed by atoms with van der Waals surface area (Å²) in [6, 6.07) is 12.9. The molecular formula is C19H17FN2O3S2. The van der Waals surface area contributed by atoms with Crippen LogP contribution in [0.5, 0.6) is 0 Å². The number of anilines is 1. The van der Waals surface area contributed by atoms with E-state index in [4.69, 9.17) is 4.42 Å². The van der Waals surface area contributed by atoms with Gasteiger partial charge in [-0.1, -0.05) is 0 Å². The van der Waals surface area contributed by atoms with Gasteiger partial charge in [0.25, 0.3) is 11.8 Å². The Bertz CT molecular complexity index is 892. The highest BCUT2D eigenvalue weighted by Crippen LogP contribution is 2.23. The van der Waals surface area contributed by atoms with Crippen LogP contribution in [0.2, 0.25) is 0 Å². The fourth-order valence-corrected chi connectivity index (χ4v) is 3.86.